The largest absolute Gasteiger partial charge is 0.508 e. The van der Waals surface area contributed by atoms with Crippen LogP contribution in [0.3, 0.4) is 0 Å². The lowest BCUT2D eigenvalue weighted by Crippen LogP contribution is -2.13. The number of hydrogen-bond acceptors (Lipinski definition) is 7. The summed E-state index contributed by atoms with van der Waals surface area (Å²) in [5, 5.41) is 21.8. The van der Waals surface area contributed by atoms with Gasteiger partial charge in [-0.2, -0.15) is 13.7 Å². The standard InChI is InChI=1S/C24H18ClIN2O6S/c1-2-33-22-13-15(11-16(14-27)24(30)28-18-5-7-19(29)8-6-18)12-21(26)23(22)34-35(31,32)20-9-3-17(25)4-10-20/h3-13,29H,2H2,1H3,(H,28,30)/b16-11+. The highest BCUT2D eigenvalue weighted by Gasteiger charge is 2.22. The zero-order valence-electron chi connectivity index (χ0n) is 18.2. The van der Waals surface area contributed by atoms with Crippen molar-refractivity contribution < 1.29 is 27.2 Å². The van der Waals surface area contributed by atoms with Gasteiger partial charge in [0.05, 0.1) is 10.2 Å². The van der Waals surface area contributed by atoms with Crippen LogP contribution in [-0.4, -0.2) is 26.0 Å². The summed E-state index contributed by atoms with van der Waals surface area (Å²) in [6, 6.07) is 16.2. The van der Waals surface area contributed by atoms with Crippen molar-refractivity contribution in [1.82, 2.24) is 0 Å². The van der Waals surface area contributed by atoms with Crippen LogP contribution in [0.5, 0.6) is 17.2 Å². The number of halogens is 2. The Morgan fingerprint density at radius 1 is 1.17 bits per heavy atom. The Balaban J connectivity index is 1.93. The van der Waals surface area contributed by atoms with Crippen LogP contribution in [-0.2, 0) is 14.9 Å². The van der Waals surface area contributed by atoms with Crippen molar-refractivity contribution in [2.24, 2.45) is 0 Å². The number of carbonyl (C=O) groups excluding carboxylic acids is 1. The number of amides is 1. The first-order chi connectivity index (χ1) is 16.6. The molecular weight excluding hydrogens is 607 g/mol. The van der Waals surface area contributed by atoms with Crippen LogP contribution in [0.1, 0.15) is 12.5 Å². The van der Waals surface area contributed by atoms with Crippen molar-refractivity contribution in [1.29, 1.82) is 5.26 Å². The molecule has 0 spiro atoms. The van der Waals surface area contributed by atoms with Gasteiger partial charge in [0, 0.05) is 10.7 Å². The van der Waals surface area contributed by atoms with Crippen LogP contribution in [0.2, 0.25) is 5.02 Å². The number of phenols is 1. The van der Waals surface area contributed by atoms with Crippen LogP contribution in [0.4, 0.5) is 5.69 Å². The molecule has 0 aliphatic heterocycles. The predicted molar refractivity (Wildman–Crippen MR) is 140 cm³/mol. The van der Waals surface area contributed by atoms with E-state index < -0.39 is 16.0 Å². The van der Waals surface area contributed by atoms with Crippen molar-refractivity contribution in [3.8, 4) is 23.3 Å². The summed E-state index contributed by atoms with van der Waals surface area (Å²) in [6.45, 7) is 1.94. The quantitative estimate of drug-likeness (QED) is 0.114. The number of ether oxygens (including phenoxy) is 1. The number of anilines is 1. The van der Waals surface area contributed by atoms with Crippen LogP contribution >= 0.6 is 34.2 Å². The SMILES string of the molecule is CCOc1cc(/C=C(\C#N)C(=O)Nc2ccc(O)cc2)cc(I)c1OS(=O)(=O)c1ccc(Cl)cc1. The van der Waals surface area contributed by atoms with E-state index in [1.165, 1.54) is 60.7 Å². The number of benzene rings is 3. The molecule has 0 saturated carbocycles. The Kier molecular flexibility index (Phi) is 8.61. The molecule has 8 nitrogen and oxygen atoms in total. The minimum Gasteiger partial charge on any atom is -0.508 e. The van der Waals surface area contributed by atoms with Gasteiger partial charge < -0.3 is 19.3 Å². The number of aromatic hydroxyl groups is 1. The summed E-state index contributed by atoms with van der Waals surface area (Å²) < 4.78 is 36.9. The zero-order chi connectivity index (χ0) is 25.6. The van der Waals surface area contributed by atoms with Crippen molar-refractivity contribution in [3.63, 3.8) is 0 Å². The highest BCUT2D eigenvalue weighted by atomic mass is 127. The van der Waals surface area contributed by atoms with Crippen LogP contribution in [0.25, 0.3) is 6.08 Å². The molecule has 0 bridgehead atoms. The smallest absolute Gasteiger partial charge is 0.339 e. The third-order valence-electron chi connectivity index (χ3n) is 4.43. The maximum atomic E-state index is 12.8. The molecule has 2 N–H and O–H groups in total. The molecule has 0 saturated heterocycles. The van der Waals surface area contributed by atoms with Gasteiger partial charge in [0.25, 0.3) is 5.91 Å². The summed E-state index contributed by atoms with van der Waals surface area (Å²) in [6.07, 6.45) is 1.35. The Morgan fingerprint density at radius 3 is 2.43 bits per heavy atom. The molecule has 35 heavy (non-hydrogen) atoms. The molecular formula is C24H18ClIN2O6S. The lowest BCUT2D eigenvalue weighted by atomic mass is 10.1. The van der Waals surface area contributed by atoms with Gasteiger partial charge >= 0.3 is 10.1 Å². The number of nitrogens with zero attached hydrogens (tertiary/aromatic N) is 1. The normalized spacial score (nSPS) is 11.4. The van der Waals surface area contributed by atoms with Gasteiger partial charge in [0.1, 0.15) is 22.3 Å². The van der Waals surface area contributed by atoms with Gasteiger partial charge in [-0.25, -0.2) is 0 Å². The van der Waals surface area contributed by atoms with Crippen LogP contribution < -0.4 is 14.2 Å². The van der Waals surface area contributed by atoms with Gasteiger partial charge in [-0.05, 0) is 102 Å². The number of nitriles is 1. The predicted octanol–water partition coefficient (Wildman–Crippen LogP) is 5.36. The average Bonchev–Trinajstić information content (AvgIpc) is 2.81. The van der Waals surface area contributed by atoms with E-state index in [1.54, 1.807) is 13.0 Å². The fourth-order valence-corrected chi connectivity index (χ4v) is 4.80. The molecule has 0 fully saturated rings. The maximum Gasteiger partial charge on any atom is 0.339 e. The van der Waals surface area contributed by atoms with Gasteiger partial charge in [0.2, 0.25) is 0 Å². The third-order valence-corrected chi connectivity index (χ3v) is 6.72. The number of rotatable bonds is 8. The Labute approximate surface area is 221 Å². The first kappa shape index (κ1) is 26.3. The number of phenolic OH excluding ortho intramolecular Hbond substituents is 1. The van der Waals surface area contributed by atoms with Crippen molar-refractivity contribution in [2.45, 2.75) is 11.8 Å². The summed E-state index contributed by atoms with van der Waals surface area (Å²) in [5.41, 5.74) is 0.625. The molecule has 0 aromatic heterocycles. The van der Waals surface area contributed by atoms with E-state index in [2.05, 4.69) is 5.32 Å². The minimum atomic E-state index is -4.18. The maximum absolute atomic E-state index is 12.8. The molecule has 0 aliphatic carbocycles. The molecule has 11 heteroatoms. The van der Waals surface area contributed by atoms with Gasteiger partial charge in [0.15, 0.2) is 11.5 Å². The second-order valence-corrected chi connectivity index (χ2v) is 10.1. The fourth-order valence-electron chi connectivity index (χ4n) is 2.83. The topological polar surface area (TPSA) is 126 Å². The van der Waals surface area contributed by atoms with Crippen molar-refractivity contribution in [2.75, 3.05) is 11.9 Å². The lowest BCUT2D eigenvalue weighted by Gasteiger charge is -2.15. The summed E-state index contributed by atoms with van der Waals surface area (Å²) in [7, 11) is -4.18. The van der Waals surface area contributed by atoms with E-state index in [0.29, 0.717) is 19.8 Å². The molecule has 1 amide bonds. The number of carbonyl (C=O) groups is 1. The fraction of sp³-hybridized carbons (Fsp3) is 0.0833. The highest BCUT2D eigenvalue weighted by Crippen LogP contribution is 2.37. The first-order valence-electron chi connectivity index (χ1n) is 10.0. The first-order valence-corrected chi connectivity index (χ1v) is 12.9. The molecule has 0 heterocycles. The van der Waals surface area contributed by atoms with Crippen LogP contribution in [0.15, 0.2) is 71.1 Å². The van der Waals surface area contributed by atoms with Gasteiger partial charge in [-0.1, -0.05) is 11.6 Å². The Bertz CT molecular complexity index is 1420. The summed E-state index contributed by atoms with van der Waals surface area (Å²) in [4.78, 5) is 12.5. The van der Waals surface area contributed by atoms with E-state index in [4.69, 9.17) is 20.5 Å². The van der Waals surface area contributed by atoms with Crippen molar-refractivity contribution in [3.05, 3.63) is 80.4 Å². The molecule has 0 atom stereocenters. The Hall–Kier alpha value is -3.27. The zero-order valence-corrected chi connectivity index (χ0v) is 21.9. The highest BCUT2D eigenvalue weighted by molar-refractivity contribution is 14.1. The number of hydrogen-bond donors (Lipinski definition) is 2. The Morgan fingerprint density at radius 2 is 1.83 bits per heavy atom. The van der Waals surface area contributed by atoms with E-state index >= 15 is 0 Å². The molecule has 3 rings (SSSR count). The van der Waals surface area contributed by atoms with Gasteiger partial charge in [-0.3, -0.25) is 4.79 Å². The third kappa shape index (κ3) is 6.88. The van der Waals surface area contributed by atoms with Crippen LogP contribution in [0, 0.1) is 14.9 Å². The molecule has 180 valence electrons. The van der Waals surface area contributed by atoms with E-state index in [9.17, 15) is 23.6 Å². The van der Waals surface area contributed by atoms with Crippen molar-refractivity contribution >= 4 is 62.0 Å². The van der Waals surface area contributed by atoms with E-state index in [0.717, 1.165) is 0 Å². The average molecular weight is 625 g/mol. The summed E-state index contributed by atoms with van der Waals surface area (Å²) >= 11 is 7.72. The monoisotopic (exact) mass is 624 g/mol. The molecule has 0 unspecified atom stereocenters. The molecule has 3 aromatic carbocycles. The molecule has 0 radical (unpaired) electrons. The second kappa shape index (κ2) is 11.4. The second-order valence-electron chi connectivity index (χ2n) is 6.93. The van der Waals surface area contributed by atoms with E-state index in [-0.39, 0.29) is 34.3 Å². The molecule has 0 aliphatic rings. The number of nitrogens with one attached hydrogen (secondary N) is 1. The summed E-state index contributed by atoms with van der Waals surface area (Å²) in [5.74, 6) is -0.514. The minimum absolute atomic E-state index is 0.0217. The lowest BCUT2D eigenvalue weighted by molar-refractivity contribution is -0.112. The van der Waals surface area contributed by atoms with E-state index in [1.807, 2.05) is 28.7 Å². The van der Waals surface area contributed by atoms with Gasteiger partial charge in [-0.15, -0.1) is 0 Å². The molecule has 3 aromatic rings.